The number of fused-ring (bicyclic) bond motifs is 1. The van der Waals surface area contributed by atoms with E-state index >= 15 is 0 Å². The van der Waals surface area contributed by atoms with Crippen LogP contribution in [0.5, 0.6) is 11.5 Å². The van der Waals surface area contributed by atoms with Crippen molar-refractivity contribution in [1.82, 2.24) is 4.98 Å². The Hall–Kier alpha value is -2.74. The topological polar surface area (TPSA) is 75.1 Å². The van der Waals surface area contributed by atoms with Gasteiger partial charge in [-0.25, -0.2) is 0 Å². The van der Waals surface area contributed by atoms with Crippen molar-refractivity contribution in [3.8, 4) is 17.6 Å². The Morgan fingerprint density at radius 2 is 2.18 bits per heavy atom. The third-order valence-electron chi connectivity index (χ3n) is 3.57. The van der Waals surface area contributed by atoms with Crippen molar-refractivity contribution in [1.29, 1.82) is 5.26 Å². The highest BCUT2D eigenvalue weighted by molar-refractivity contribution is 5.45. The summed E-state index contributed by atoms with van der Waals surface area (Å²) >= 11 is 0. The van der Waals surface area contributed by atoms with Crippen molar-refractivity contribution in [2.75, 3.05) is 0 Å². The standard InChI is InChI=1S/C17H16N2O3/c1-17(2)9-15(21-12-5-6-19-16(20)8-12)13-7-11(10-18)3-4-14(13)22-17/h3-8,15H,9H2,1-2H3,(H,19,20). The first-order valence-corrected chi connectivity index (χ1v) is 7.05. The lowest BCUT2D eigenvalue weighted by atomic mass is 9.90. The van der Waals surface area contributed by atoms with Gasteiger partial charge in [0.2, 0.25) is 0 Å². The van der Waals surface area contributed by atoms with Crippen LogP contribution in [0.15, 0.2) is 41.3 Å². The lowest BCUT2D eigenvalue weighted by Crippen LogP contribution is -2.36. The number of H-pyrrole nitrogens is 1. The SMILES string of the molecule is CC1(C)CC(Oc2cc[nH]c(=O)c2)c2cc(C#N)ccc2O1. The summed E-state index contributed by atoms with van der Waals surface area (Å²) in [6.07, 6.45) is 1.91. The largest absolute Gasteiger partial charge is 0.487 e. The van der Waals surface area contributed by atoms with Gasteiger partial charge in [-0.05, 0) is 38.1 Å². The lowest BCUT2D eigenvalue weighted by molar-refractivity contribution is 0.0219. The fourth-order valence-electron chi connectivity index (χ4n) is 2.63. The van der Waals surface area contributed by atoms with E-state index in [1.807, 2.05) is 13.8 Å². The Bertz CT molecular complexity index is 802. The molecule has 0 radical (unpaired) electrons. The summed E-state index contributed by atoms with van der Waals surface area (Å²) in [6.45, 7) is 3.98. The molecular formula is C17H16N2O3. The second-order valence-electron chi connectivity index (χ2n) is 5.93. The molecule has 1 aromatic carbocycles. The highest BCUT2D eigenvalue weighted by Crippen LogP contribution is 2.41. The summed E-state index contributed by atoms with van der Waals surface area (Å²) in [6, 6.07) is 10.5. The van der Waals surface area contributed by atoms with Crippen molar-refractivity contribution in [2.45, 2.75) is 32.0 Å². The van der Waals surface area contributed by atoms with Gasteiger partial charge in [0.25, 0.3) is 5.56 Å². The van der Waals surface area contributed by atoms with Crippen LogP contribution in [0.4, 0.5) is 0 Å². The molecule has 0 amide bonds. The van der Waals surface area contributed by atoms with E-state index in [9.17, 15) is 4.79 Å². The molecule has 1 atom stereocenters. The quantitative estimate of drug-likeness (QED) is 0.924. The van der Waals surface area contributed by atoms with Crippen molar-refractivity contribution in [2.24, 2.45) is 0 Å². The first-order chi connectivity index (χ1) is 10.5. The molecule has 5 heteroatoms. The molecule has 0 saturated carbocycles. The Morgan fingerprint density at radius 3 is 2.91 bits per heavy atom. The summed E-state index contributed by atoms with van der Waals surface area (Å²) in [5.74, 6) is 1.21. The van der Waals surface area contributed by atoms with E-state index in [0.29, 0.717) is 23.5 Å². The van der Waals surface area contributed by atoms with E-state index < -0.39 is 0 Å². The minimum Gasteiger partial charge on any atom is -0.487 e. The van der Waals surface area contributed by atoms with E-state index in [2.05, 4.69) is 11.1 Å². The molecule has 0 bridgehead atoms. The average Bonchev–Trinajstić information content (AvgIpc) is 2.46. The summed E-state index contributed by atoms with van der Waals surface area (Å²) in [5, 5.41) is 9.08. The number of rotatable bonds is 2. The summed E-state index contributed by atoms with van der Waals surface area (Å²) in [7, 11) is 0. The number of aromatic nitrogens is 1. The molecule has 22 heavy (non-hydrogen) atoms. The highest BCUT2D eigenvalue weighted by atomic mass is 16.5. The first-order valence-electron chi connectivity index (χ1n) is 7.05. The van der Waals surface area contributed by atoms with Gasteiger partial charge < -0.3 is 14.5 Å². The number of pyridine rings is 1. The molecule has 0 saturated heterocycles. The maximum atomic E-state index is 11.4. The molecule has 0 spiro atoms. The van der Waals surface area contributed by atoms with Gasteiger partial charge in [-0.2, -0.15) is 5.26 Å². The molecule has 0 aliphatic carbocycles. The molecule has 1 aliphatic rings. The molecule has 1 unspecified atom stereocenters. The molecule has 1 N–H and O–H groups in total. The zero-order valence-electron chi connectivity index (χ0n) is 12.4. The zero-order valence-corrected chi connectivity index (χ0v) is 12.4. The van der Waals surface area contributed by atoms with E-state index in [0.717, 1.165) is 5.56 Å². The van der Waals surface area contributed by atoms with Crippen LogP contribution in [0.25, 0.3) is 0 Å². The van der Waals surface area contributed by atoms with E-state index in [-0.39, 0.29) is 17.3 Å². The summed E-state index contributed by atoms with van der Waals surface area (Å²) in [5.41, 5.74) is 0.794. The second kappa shape index (κ2) is 5.23. The van der Waals surface area contributed by atoms with Crippen LogP contribution in [0.3, 0.4) is 0 Å². The minimum atomic E-state index is -0.382. The molecular weight excluding hydrogens is 280 g/mol. The number of nitrogens with zero attached hydrogens (tertiary/aromatic N) is 1. The molecule has 112 valence electrons. The monoisotopic (exact) mass is 296 g/mol. The van der Waals surface area contributed by atoms with E-state index in [1.54, 1.807) is 30.5 Å². The minimum absolute atomic E-state index is 0.213. The highest BCUT2D eigenvalue weighted by Gasteiger charge is 2.35. The van der Waals surface area contributed by atoms with Gasteiger partial charge in [-0.15, -0.1) is 0 Å². The normalized spacial score (nSPS) is 18.7. The number of benzene rings is 1. The average molecular weight is 296 g/mol. The Balaban J connectivity index is 2.00. The molecule has 1 aromatic heterocycles. The van der Waals surface area contributed by atoms with Crippen LogP contribution >= 0.6 is 0 Å². The lowest BCUT2D eigenvalue weighted by Gasteiger charge is -2.37. The molecule has 0 fully saturated rings. The molecule has 2 aromatic rings. The van der Waals surface area contributed by atoms with Gasteiger partial charge >= 0.3 is 0 Å². The van der Waals surface area contributed by atoms with Gasteiger partial charge in [-0.3, -0.25) is 4.79 Å². The number of ether oxygens (including phenoxy) is 2. The van der Waals surface area contributed by atoms with Gasteiger partial charge in [0, 0.05) is 24.2 Å². The van der Waals surface area contributed by atoms with Crippen LogP contribution in [0.1, 0.15) is 37.5 Å². The summed E-state index contributed by atoms with van der Waals surface area (Å²) in [4.78, 5) is 14.0. The molecule has 3 rings (SSSR count). The number of nitriles is 1. The van der Waals surface area contributed by atoms with Gasteiger partial charge in [0.15, 0.2) is 0 Å². The van der Waals surface area contributed by atoms with Gasteiger partial charge in [0.05, 0.1) is 11.6 Å². The van der Waals surface area contributed by atoms with E-state index in [1.165, 1.54) is 6.07 Å². The number of nitrogens with one attached hydrogen (secondary N) is 1. The second-order valence-corrected chi connectivity index (χ2v) is 5.93. The fraction of sp³-hybridized carbons (Fsp3) is 0.294. The summed E-state index contributed by atoms with van der Waals surface area (Å²) < 4.78 is 11.9. The maximum absolute atomic E-state index is 11.4. The smallest absolute Gasteiger partial charge is 0.251 e. The van der Waals surface area contributed by atoms with Crippen molar-refractivity contribution < 1.29 is 9.47 Å². The Labute approximate surface area is 128 Å². The van der Waals surface area contributed by atoms with Crippen molar-refractivity contribution in [3.63, 3.8) is 0 Å². The zero-order chi connectivity index (χ0) is 15.7. The van der Waals surface area contributed by atoms with E-state index in [4.69, 9.17) is 14.7 Å². The molecule has 5 nitrogen and oxygen atoms in total. The third-order valence-corrected chi connectivity index (χ3v) is 3.57. The Kier molecular flexibility index (Phi) is 3.38. The van der Waals surface area contributed by atoms with Crippen molar-refractivity contribution >= 4 is 0 Å². The molecule has 1 aliphatic heterocycles. The fourth-order valence-corrected chi connectivity index (χ4v) is 2.63. The Morgan fingerprint density at radius 1 is 1.36 bits per heavy atom. The van der Waals surface area contributed by atoms with Crippen LogP contribution in [-0.4, -0.2) is 10.6 Å². The third kappa shape index (κ3) is 2.82. The maximum Gasteiger partial charge on any atom is 0.251 e. The van der Waals surface area contributed by atoms with Crippen LogP contribution in [-0.2, 0) is 0 Å². The number of hydrogen-bond donors (Lipinski definition) is 1. The van der Waals surface area contributed by atoms with Crippen LogP contribution in [0, 0.1) is 11.3 Å². The predicted molar refractivity (Wildman–Crippen MR) is 80.9 cm³/mol. The predicted octanol–water partition coefficient (Wildman–Crippen LogP) is 2.93. The number of aromatic amines is 1. The molecule has 2 heterocycles. The van der Waals surface area contributed by atoms with Gasteiger partial charge in [-0.1, -0.05) is 0 Å². The van der Waals surface area contributed by atoms with Crippen LogP contribution < -0.4 is 15.0 Å². The van der Waals surface area contributed by atoms with Gasteiger partial charge in [0.1, 0.15) is 23.2 Å². The van der Waals surface area contributed by atoms with Crippen LogP contribution in [0.2, 0.25) is 0 Å². The number of hydrogen-bond acceptors (Lipinski definition) is 4. The first kappa shape index (κ1) is 14.2. The van der Waals surface area contributed by atoms with Crippen molar-refractivity contribution in [3.05, 3.63) is 58.0 Å².